The van der Waals surface area contributed by atoms with Crippen LogP contribution in [-0.4, -0.2) is 18.6 Å². The normalized spacial score (nSPS) is 9.53. The molecule has 1 aromatic heterocycles. The maximum atomic E-state index is 5.45. The third-order valence-electron chi connectivity index (χ3n) is 2.88. The van der Waals surface area contributed by atoms with Gasteiger partial charge in [-0.3, -0.25) is 0 Å². The molecular weight excluding hydrogens is 275 g/mol. The van der Waals surface area contributed by atoms with E-state index in [0.717, 1.165) is 18.8 Å². The molecule has 0 aliphatic rings. The van der Waals surface area contributed by atoms with Crippen LogP contribution < -0.4 is 10.1 Å². The second-order valence-corrected chi connectivity index (χ2v) is 3.92. The zero-order valence-corrected chi connectivity index (χ0v) is 13.9. The third-order valence-corrected chi connectivity index (χ3v) is 2.88. The van der Waals surface area contributed by atoms with Crippen molar-refractivity contribution in [2.45, 2.75) is 34.2 Å². The van der Waals surface area contributed by atoms with E-state index in [1.807, 2.05) is 20.0 Å². The second-order valence-electron chi connectivity index (χ2n) is 3.92. The van der Waals surface area contributed by atoms with Crippen LogP contribution in [0.2, 0.25) is 0 Å². The summed E-state index contributed by atoms with van der Waals surface area (Å²) in [6, 6.07) is 4.20. The Morgan fingerprint density at radius 2 is 2.05 bits per heavy atom. The molecule has 3 nitrogen and oxygen atoms in total. The Hall–Kier alpha value is -0.896. The van der Waals surface area contributed by atoms with E-state index in [9.17, 15) is 0 Å². The molecule has 0 spiro atoms. The topological polar surface area (TPSA) is 37.0 Å². The van der Waals surface area contributed by atoms with Gasteiger partial charge >= 0.3 is 0 Å². The molecule has 1 aromatic carbocycles. The van der Waals surface area contributed by atoms with E-state index in [-0.39, 0.29) is 20.0 Å². The molecule has 1 heterocycles. The molecule has 1 radical (unpaired) electrons. The van der Waals surface area contributed by atoms with Crippen LogP contribution in [-0.2, 0) is 25.1 Å². The number of aromatic amines is 1. The molecule has 0 bridgehead atoms. The number of ether oxygens (including phenoxy) is 1. The monoisotopic (exact) mass is 301 g/mol. The Morgan fingerprint density at radius 1 is 1.37 bits per heavy atom. The summed E-state index contributed by atoms with van der Waals surface area (Å²) in [4.78, 5) is 3.27. The summed E-state index contributed by atoms with van der Waals surface area (Å²) in [6.07, 6.45) is 1.98. The van der Waals surface area contributed by atoms with E-state index in [1.54, 1.807) is 7.11 Å². The minimum absolute atomic E-state index is 0. The molecule has 2 aromatic rings. The van der Waals surface area contributed by atoms with Gasteiger partial charge in [-0.1, -0.05) is 20.8 Å². The zero-order chi connectivity index (χ0) is 13.5. The predicted molar refractivity (Wildman–Crippen MR) is 80.4 cm³/mol. The number of fused-ring (bicyclic) bond motifs is 1. The quantitative estimate of drug-likeness (QED) is 0.899. The number of aromatic nitrogens is 1. The molecule has 0 atom stereocenters. The van der Waals surface area contributed by atoms with Gasteiger partial charge in [0, 0.05) is 49.2 Å². The van der Waals surface area contributed by atoms with Gasteiger partial charge < -0.3 is 15.0 Å². The van der Waals surface area contributed by atoms with Crippen molar-refractivity contribution in [3.63, 3.8) is 0 Å². The fraction of sp³-hybridized carbons (Fsp3) is 0.467. The fourth-order valence-electron chi connectivity index (χ4n) is 2.05. The van der Waals surface area contributed by atoms with E-state index >= 15 is 0 Å². The summed E-state index contributed by atoms with van der Waals surface area (Å²) in [5, 5.41) is 4.59. The van der Waals surface area contributed by atoms with Crippen LogP contribution >= 0.6 is 0 Å². The van der Waals surface area contributed by atoms with Crippen LogP contribution in [0.5, 0.6) is 5.75 Å². The minimum Gasteiger partial charge on any atom is -0.496 e. The SMILES string of the molecule is CC.CCNCc1c(OC)cc(C)c2[nH]ccc12.[HH].[V]. The fourth-order valence-corrected chi connectivity index (χ4v) is 2.05. The van der Waals surface area contributed by atoms with Crippen molar-refractivity contribution in [2.75, 3.05) is 13.7 Å². The van der Waals surface area contributed by atoms with E-state index in [4.69, 9.17) is 4.74 Å². The molecule has 4 heteroatoms. The molecule has 0 aliphatic carbocycles. The third kappa shape index (κ3) is 4.03. The summed E-state index contributed by atoms with van der Waals surface area (Å²) in [5.41, 5.74) is 3.65. The van der Waals surface area contributed by atoms with Gasteiger partial charge in [-0.05, 0) is 31.2 Å². The minimum atomic E-state index is 0. The van der Waals surface area contributed by atoms with Crippen LogP contribution in [0.3, 0.4) is 0 Å². The maximum Gasteiger partial charge on any atom is 0.124 e. The van der Waals surface area contributed by atoms with Crippen molar-refractivity contribution in [3.8, 4) is 5.75 Å². The van der Waals surface area contributed by atoms with Gasteiger partial charge in [-0.25, -0.2) is 0 Å². The summed E-state index contributed by atoms with van der Waals surface area (Å²) in [5.74, 6) is 0.963. The van der Waals surface area contributed by atoms with E-state index in [1.165, 1.54) is 22.0 Å². The number of methoxy groups -OCH3 is 1. The molecule has 0 unspecified atom stereocenters. The van der Waals surface area contributed by atoms with Gasteiger partial charge in [-0.15, -0.1) is 0 Å². The molecule has 2 N–H and O–H groups in total. The first kappa shape index (κ1) is 18.1. The predicted octanol–water partition coefficient (Wildman–Crippen LogP) is 3.86. The van der Waals surface area contributed by atoms with Gasteiger partial charge in [0.05, 0.1) is 7.11 Å². The van der Waals surface area contributed by atoms with Gasteiger partial charge in [0.1, 0.15) is 5.75 Å². The molecule has 0 amide bonds. The first-order valence-corrected chi connectivity index (χ1v) is 6.62. The van der Waals surface area contributed by atoms with Crippen molar-refractivity contribution >= 4 is 10.9 Å². The molecule has 107 valence electrons. The number of aryl methyl sites for hydroxylation is 1. The van der Waals surface area contributed by atoms with Crippen LogP contribution in [0, 0.1) is 6.92 Å². The Bertz CT molecular complexity index is 500. The van der Waals surface area contributed by atoms with Crippen molar-refractivity contribution in [1.82, 2.24) is 10.3 Å². The van der Waals surface area contributed by atoms with Gasteiger partial charge in [0.15, 0.2) is 0 Å². The molecule has 0 fully saturated rings. The number of nitrogens with one attached hydrogen (secondary N) is 2. The molecule has 19 heavy (non-hydrogen) atoms. The molecule has 2 rings (SSSR count). The summed E-state index contributed by atoms with van der Waals surface area (Å²) >= 11 is 0. The van der Waals surface area contributed by atoms with Crippen molar-refractivity contribution in [2.24, 2.45) is 0 Å². The standard InChI is InChI=1S/C13H18N2O.C2H6.V.H2/c1-4-14-8-11-10-5-6-15-13(10)9(2)7-12(11)16-3;1-2;;/h5-7,14-15H,4,8H2,1-3H3;1-2H3;;1H. The first-order valence-electron chi connectivity index (χ1n) is 6.62. The Labute approximate surface area is 129 Å². The smallest absolute Gasteiger partial charge is 0.124 e. The molecule has 0 aliphatic heterocycles. The van der Waals surface area contributed by atoms with Crippen LogP contribution in [0.1, 0.15) is 33.3 Å². The second kappa shape index (κ2) is 9.08. The summed E-state index contributed by atoms with van der Waals surface area (Å²) in [7, 11) is 1.72. The van der Waals surface area contributed by atoms with Crippen LogP contribution in [0.4, 0.5) is 0 Å². The molecule has 0 saturated heterocycles. The molecular formula is C15H26N2OV. The van der Waals surface area contributed by atoms with Crippen LogP contribution in [0.25, 0.3) is 10.9 Å². The number of hydrogen-bond donors (Lipinski definition) is 2. The number of benzene rings is 1. The average Bonchev–Trinajstić information content (AvgIpc) is 2.89. The Kier molecular flexibility index (Phi) is 8.65. The van der Waals surface area contributed by atoms with E-state index in [2.05, 4.69) is 36.3 Å². The van der Waals surface area contributed by atoms with Crippen LogP contribution in [0.15, 0.2) is 18.3 Å². The average molecular weight is 301 g/mol. The molecule has 0 saturated carbocycles. The van der Waals surface area contributed by atoms with Gasteiger partial charge in [0.2, 0.25) is 0 Å². The Morgan fingerprint density at radius 3 is 2.63 bits per heavy atom. The number of H-pyrrole nitrogens is 1. The zero-order valence-electron chi connectivity index (χ0n) is 12.5. The summed E-state index contributed by atoms with van der Waals surface area (Å²) in [6.45, 7) is 10.0. The van der Waals surface area contributed by atoms with E-state index < -0.39 is 0 Å². The number of rotatable bonds is 4. The first-order chi connectivity index (χ1) is 8.77. The summed E-state index contributed by atoms with van der Waals surface area (Å²) < 4.78 is 5.45. The Balaban J connectivity index is 0. The maximum absolute atomic E-state index is 5.45. The van der Waals surface area contributed by atoms with E-state index in [0.29, 0.717) is 0 Å². The van der Waals surface area contributed by atoms with Crippen molar-refractivity contribution in [3.05, 3.63) is 29.5 Å². The van der Waals surface area contributed by atoms with Crippen molar-refractivity contribution < 1.29 is 24.7 Å². The van der Waals surface area contributed by atoms with Gasteiger partial charge in [0.25, 0.3) is 0 Å². The number of hydrogen-bond acceptors (Lipinski definition) is 2. The largest absolute Gasteiger partial charge is 0.496 e. The van der Waals surface area contributed by atoms with Gasteiger partial charge in [-0.2, -0.15) is 0 Å². The van der Waals surface area contributed by atoms with Crippen molar-refractivity contribution in [1.29, 1.82) is 0 Å².